The smallest absolute Gasteiger partial charge is 0.237 e. The number of aryl methyl sites for hydroxylation is 1. The number of benzene rings is 1. The zero-order valence-electron chi connectivity index (χ0n) is 11.2. The number of carbonyl (C=O) groups is 1. The summed E-state index contributed by atoms with van der Waals surface area (Å²) in [7, 11) is 0. The molecule has 0 aliphatic rings. The Morgan fingerprint density at radius 3 is 2.80 bits per heavy atom. The maximum atomic E-state index is 11.0. The minimum absolute atomic E-state index is 0.115. The minimum atomic E-state index is -0.394. The molecule has 0 unspecified atom stereocenters. The number of primary amides is 1. The van der Waals surface area contributed by atoms with E-state index in [9.17, 15) is 4.79 Å². The highest BCUT2D eigenvalue weighted by Gasteiger charge is 2.10. The van der Waals surface area contributed by atoms with E-state index in [1.807, 2.05) is 30.3 Å². The van der Waals surface area contributed by atoms with Gasteiger partial charge in [-0.25, -0.2) is 0 Å². The molecule has 1 aromatic heterocycles. The van der Waals surface area contributed by atoms with Crippen molar-refractivity contribution < 1.29 is 4.79 Å². The second kappa shape index (κ2) is 6.91. The molecule has 0 radical (unpaired) electrons. The quantitative estimate of drug-likeness (QED) is 0.824. The third kappa shape index (κ3) is 3.96. The fourth-order valence-corrected chi connectivity index (χ4v) is 2.47. The van der Waals surface area contributed by atoms with Crippen LogP contribution >= 0.6 is 11.8 Å². The summed E-state index contributed by atoms with van der Waals surface area (Å²) in [6.45, 7) is 1.92. The number of aromatic nitrogens is 3. The molecule has 0 aliphatic heterocycles. The Morgan fingerprint density at radius 2 is 2.10 bits per heavy atom. The number of nitrogens with zero attached hydrogens (tertiary/aromatic N) is 3. The molecular weight excluding hydrogens is 272 g/mol. The topological polar surface area (TPSA) is 73.8 Å². The van der Waals surface area contributed by atoms with Crippen molar-refractivity contribution in [2.24, 2.45) is 5.73 Å². The van der Waals surface area contributed by atoms with Gasteiger partial charge < -0.3 is 5.73 Å². The van der Waals surface area contributed by atoms with Gasteiger partial charge in [-0.2, -0.15) is 0 Å². The molecule has 1 amide bonds. The van der Waals surface area contributed by atoms with Crippen molar-refractivity contribution in [2.45, 2.75) is 18.6 Å². The summed E-state index contributed by atoms with van der Waals surface area (Å²) in [5, 5.41) is 8.72. The summed E-state index contributed by atoms with van der Waals surface area (Å²) in [6, 6.07) is 10.1. The lowest BCUT2D eigenvalue weighted by Gasteiger charge is -2.04. The van der Waals surface area contributed by atoms with Crippen molar-refractivity contribution >= 4 is 23.7 Å². The summed E-state index contributed by atoms with van der Waals surface area (Å²) in [6.07, 6.45) is 4.10. The SMILES string of the molecule is Cc1nnc(SC/C=C\c2ccccc2)n1CC(N)=O. The normalized spacial score (nSPS) is 11.1. The predicted octanol–water partition coefficient (Wildman–Crippen LogP) is 1.88. The molecule has 0 saturated carbocycles. The second-order valence-corrected chi connectivity index (χ2v) is 5.19. The van der Waals surface area contributed by atoms with Crippen LogP contribution < -0.4 is 5.73 Å². The number of carbonyl (C=O) groups excluding carboxylic acids is 1. The predicted molar refractivity (Wildman–Crippen MR) is 80.2 cm³/mol. The lowest BCUT2D eigenvalue weighted by molar-refractivity contribution is -0.118. The van der Waals surface area contributed by atoms with Crippen molar-refractivity contribution in [3.05, 3.63) is 47.8 Å². The van der Waals surface area contributed by atoms with E-state index in [0.717, 1.165) is 11.3 Å². The summed E-state index contributed by atoms with van der Waals surface area (Å²) < 4.78 is 1.73. The van der Waals surface area contributed by atoms with E-state index in [1.165, 1.54) is 11.8 Å². The standard InChI is InChI=1S/C14H16N4OS/c1-11-16-17-14(18(11)10-13(15)19)20-9-5-8-12-6-3-2-4-7-12/h2-8H,9-10H2,1H3,(H2,15,19)/b8-5-. The molecule has 5 nitrogen and oxygen atoms in total. The molecule has 1 aromatic carbocycles. The highest BCUT2D eigenvalue weighted by molar-refractivity contribution is 7.99. The highest BCUT2D eigenvalue weighted by Crippen LogP contribution is 2.17. The summed E-state index contributed by atoms with van der Waals surface area (Å²) in [5.74, 6) is 1.05. The Hall–Kier alpha value is -2.08. The zero-order chi connectivity index (χ0) is 14.4. The maximum absolute atomic E-state index is 11.0. The second-order valence-electron chi connectivity index (χ2n) is 4.21. The highest BCUT2D eigenvalue weighted by atomic mass is 32.2. The number of hydrogen-bond acceptors (Lipinski definition) is 4. The van der Waals surface area contributed by atoms with E-state index >= 15 is 0 Å². The number of nitrogens with two attached hydrogens (primary N) is 1. The Kier molecular flexibility index (Phi) is 4.95. The Bertz CT molecular complexity index is 607. The number of amides is 1. The van der Waals surface area contributed by atoms with Crippen molar-refractivity contribution in [1.29, 1.82) is 0 Å². The lowest BCUT2D eigenvalue weighted by Crippen LogP contribution is -2.20. The van der Waals surface area contributed by atoms with Crippen LogP contribution in [0.4, 0.5) is 0 Å². The van der Waals surface area contributed by atoms with Gasteiger partial charge in [-0.3, -0.25) is 9.36 Å². The van der Waals surface area contributed by atoms with Crippen molar-refractivity contribution in [1.82, 2.24) is 14.8 Å². The van der Waals surface area contributed by atoms with Gasteiger partial charge in [-0.15, -0.1) is 10.2 Å². The summed E-state index contributed by atoms with van der Waals surface area (Å²) in [4.78, 5) is 11.0. The first-order valence-corrected chi connectivity index (χ1v) is 7.18. The first kappa shape index (κ1) is 14.3. The van der Waals surface area contributed by atoms with Gasteiger partial charge in [-0.1, -0.05) is 54.2 Å². The fourth-order valence-electron chi connectivity index (χ4n) is 1.68. The monoisotopic (exact) mass is 288 g/mol. The first-order valence-electron chi connectivity index (χ1n) is 6.19. The largest absolute Gasteiger partial charge is 0.368 e. The van der Waals surface area contributed by atoms with Crippen LogP contribution in [0.5, 0.6) is 0 Å². The molecule has 104 valence electrons. The third-order valence-electron chi connectivity index (χ3n) is 2.63. The van der Waals surface area contributed by atoms with Gasteiger partial charge in [0.1, 0.15) is 12.4 Å². The van der Waals surface area contributed by atoms with E-state index in [-0.39, 0.29) is 6.54 Å². The molecule has 2 aromatic rings. The average molecular weight is 288 g/mol. The third-order valence-corrected chi connectivity index (χ3v) is 3.55. The summed E-state index contributed by atoms with van der Waals surface area (Å²) in [5.41, 5.74) is 6.37. The van der Waals surface area contributed by atoms with Crippen molar-refractivity contribution in [2.75, 3.05) is 5.75 Å². The van der Waals surface area contributed by atoms with Gasteiger partial charge in [-0.05, 0) is 12.5 Å². The van der Waals surface area contributed by atoms with Crippen LogP contribution in [-0.4, -0.2) is 26.4 Å². The van der Waals surface area contributed by atoms with Crippen LogP contribution in [0.2, 0.25) is 0 Å². The molecule has 6 heteroatoms. The van der Waals surface area contributed by atoms with Gasteiger partial charge in [0, 0.05) is 5.75 Å². The molecule has 0 spiro atoms. The molecule has 0 fully saturated rings. The van der Waals surface area contributed by atoms with Crippen LogP contribution in [0.1, 0.15) is 11.4 Å². The van der Waals surface area contributed by atoms with Gasteiger partial charge >= 0.3 is 0 Å². The first-order chi connectivity index (χ1) is 9.66. The number of hydrogen-bond donors (Lipinski definition) is 1. The Balaban J connectivity index is 1.94. The Labute approximate surface area is 121 Å². The molecule has 2 N–H and O–H groups in total. The van der Waals surface area contributed by atoms with E-state index in [2.05, 4.69) is 22.3 Å². The van der Waals surface area contributed by atoms with E-state index in [4.69, 9.17) is 5.73 Å². The lowest BCUT2D eigenvalue weighted by atomic mass is 10.2. The van der Waals surface area contributed by atoms with E-state index in [0.29, 0.717) is 11.0 Å². The fraction of sp³-hybridized carbons (Fsp3) is 0.214. The molecule has 0 saturated heterocycles. The van der Waals surface area contributed by atoms with Crippen LogP contribution in [0, 0.1) is 6.92 Å². The van der Waals surface area contributed by atoms with E-state index in [1.54, 1.807) is 11.5 Å². The Morgan fingerprint density at radius 1 is 1.35 bits per heavy atom. The van der Waals surface area contributed by atoms with Gasteiger partial charge in [0.2, 0.25) is 5.91 Å². The van der Waals surface area contributed by atoms with Crippen LogP contribution in [0.3, 0.4) is 0 Å². The minimum Gasteiger partial charge on any atom is -0.368 e. The van der Waals surface area contributed by atoms with Crippen LogP contribution in [0.25, 0.3) is 6.08 Å². The van der Waals surface area contributed by atoms with Gasteiger partial charge in [0.25, 0.3) is 0 Å². The van der Waals surface area contributed by atoms with Crippen LogP contribution in [0.15, 0.2) is 41.6 Å². The zero-order valence-corrected chi connectivity index (χ0v) is 12.0. The molecule has 2 rings (SSSR count). The molecule has 0 atom stereocenters. The molecule has 0 bridgehead atoms. The summed E-state index contributed by atoms with van der Waals surface area (Å²) >= 11 is 1.52. The maximum Gasteiger partial charge on any atom is 0.237 e. The molecule has 0 aliphatic carbocycles. The van der Waals surface area contributed by atoms with E-state index < -0.39 is 5.91 Å². The van der Waals surface area contributed by atoms with Crippen molar-refractivity contribution in [3.63, 3.8) is 0 Å². The van der Waals surface area contributed by atoms with Gasteiger partial charge in [0.05, 0.1) is 0 Å². The molecule has 1 heterocycles. The number of rotatable bonds is 6. The van der Waals surface area contributed by atoms with Crippen molar-refractivity contribution in [3.8, 4) is 0 Å². The van der Waals surface area contributed by atoms with Crippen LogP contribution in [-0.2, 0) is 11.3 Å². The van der Waals surface area contributed by atoms with Gasteiger partial charge in [0.15, 0.2) is 5.16 Å². The average Bonchev–Trinajstić information content (AvgIpc) is 2.77. The molecular formula is C14H16N4OS. The number of thioether (sulfide) groups is 1. The molecule has 20 heavy (non-hydrogen) atoms.